The summed E-state index contributed by atoms with van der Waals surface area (Å²) in [5, 5.41) is 7.41. The molecule has 0 spiro atoms. The topological polar surface area (TPSA) is 64.7 Å². The number of benzene rings is 1. The quantitative estimate of drug-likeness (QED) is 0.441. The van der Waals surface area contributed by atoms with Gasteiger partial charge in [0.05, 0.1) is 11.4 Å². The van der Waals surface area contributed by atoms with E-state index < -0.39 is 0 Å². The Morgan fingerprint density at radius 2 is 1.81 bits per heavy atom. The van der Waals surface area contributed by atoms with E-state index in [4.69, 9.17) is 0 Å². The first-order valence-corrected chi connectivity index (χ1v) is 4.99. The molecule has 5 nitrogen and oxygen atoms in total. The normalized spacial score (nSPS) is 12.8. The predicted octanol–water partition coefficient (Wildman–Crippen LogP) is 1.58. The van der Waals surface area contributed by atoms with Gasteiger partial charge in [-0.3, -0.25) is 0 Å². The second kappa shape index (κ2) is 2.63. The van der Waals surface area contributed by atoms with Crippen molar-refractivity contribution >= 4 is 11.3 Å². The van der Waals surface area contributed by atoms with Crippen LogP contribution in [-0.4, -0.2) is 20.3 Å². The third kappa shape index (κ3) is 0.894. The van der Waals surface area contributed by atoms with Crippen molar-refractivity contribution in [1.29, 1.82) is 0 Å². The summed E-state index contributed by atoms with van der Waals surface area (Å²) in [4.78, 5) is 8.83. The zero-order valence-electron chi connectivity index (χ0n) is 8.21. The average molecular weight is 210 g/mol. The number of aromatic nitrogens is 4. The van der Waals surface area contributed by atoms with E-state index in [0.717, 1.165) is 23.4 Å². The molecule has 0 atom stereocenters. The van der Waals surface area contributed by atoms with Gasteiger partial charge in [0, 0.05) is 12.0 Å². The molecule has 0 radical (unpaired) electrons. The van der Waals surface area contributed by atoms with Crippen LogP contribution >= 0.6 is 0 Å². The van der Waals surface area contributed by atoms with Crippen LogP contribution in [0.4, 0.5) is 0 Å². The molecular formula is C11H6N4O. The second-order valence-corrected chi connectivity index (χ2v) is 3.76. The summed E-state index contributed by atoms with van der Waals surface area (Å²) in [6.45, 7) is 0. The molecule has 16 heavy (non-hydrogen) atoms. The minimum atomic E-state index is 0.468. The highest BCUT2D eigenvalue weighted by Gasteiger charge is 2.22. The maximum Gasteiger partial charge on any atom is 0.243 e. The van der Waals surface area contributed by atoms with Crippen molar-refractivity contribution in [1.82, 2.24) is 20.3 Å². The van der Waals surface area contributed by atoms with E-state index in [1.807, 2.05) is 12.1 Å². The van der Waals surface area contributed by atoms with Crippen LogP contribution in [0.2, 0.25) is 0 Å². The largest absolute Gasteiger partial charge is 0.243 e. The van der Waals surface area contributed by atoms with Crippen LogP contribution in [-0.2, 0) is 6.42 Å². The Morgan fingerprint density at radius 3 is 2.75 bits per heavy atom. The molecule has 4 rings (SSSR count). The lowest BCUT2D eigenvalue weighted by Crippen LogP contribution is -1.91. The molecule has 0 aliphatic heterocycles. The van der Waals surface area contributed by atoms with Gasteiger partial charge in [-0.15, -0.1) is 0 Å². The Bertz CT molecular complexity index is 704. The maximum absolute atomic E-state index is 4.61. The fourth-order valence-corrected chi connectivity index (χ4v) is 2.10. The lowest BCUT2D eigenvalue weighted by atomic mass is 10.1. The number of nitrogens with zero attached hydrogens (tertiary/aromatic N) is 4. The molecule has 5 heteroatoms. The molecule has 2 aromatic heterocycles. The van der Waals surface area contributed by atoms with Crippen molar-refractivity contribution in [3.05, 3.63) is 35.5 Å². The number of hydrogen-bond acceptors (Lipinski definition) is 5. The summed E-state index contributed by atoms with van der Waals surface area (Å²) in [5.74, 6) is 0. The molecule has 0 saturated carbocycles. The lowest BCUT2D eigenvalue weighted by Gasteiger charge is -1.96. The molecule has 0 amide bonds. The minimum absolute atomic E-state index is 0.468. The predicted molar refractivity (Wildman–Crippen MR) is 55.6 cm³/mol. The third-order valence-corrected chi connectivity index (χ3v) is 2.82. The van der Waals surface area contributed by atoms with Gasteiger partial charge in [0.1, 0.15) is 0 Å². The Morgan fingerprint density at radius 1 is 1.00 bits per heavy atom. The van der Waals surface area contributed by atoms with Gasteiger partial charge < -0.3 is 0 Å². The van der Waals surface area contributed by atoms with Crippen molar-refractivity contribution in [2.75, 3.05) is 0 Å². The monoisotopic (exact) mass is 210 g/mol. The van der Waals surface area contributed by atoms with Crippen LogP contribution in [0.5, 0.6) is 0 Å². The van der Waals surface area contributed by atoms with E-state index >= 15 is 0 Å². The van der Waals surface area contributed by atoms with Crippen molar-refractivity contribution in [2.45, 2.75) is 6.42 Å². The van der Waals surface area contributed by atoms with Crippen LogP contribution < -0.4 is 0 Å². The molecule has 3 aromatic rings. The summed E-state index contributed by atoms with van der Waals surface area (Å²) in [5.41, 5.74) is 5.18. The van der Waals surface area contributed by atoms with E-state index in [-0.39, 0.29) is 0 Å². The fourth-order valence-electron chi connectivity index (χ4n) is 2.10. The van der Waals surface area contributed by atoms with Crippen LogP contribution in [0.1, 0.15) is 11.3 Å². The van der Waals surface area contributed by atoms with Gasteiger partial charge in [-0.1, -0.05) is 24.3 Å². The molecule has 0 saturated heterocycles. The third-order valence-electron chi connectivity index (χ3n) is 2.82. The van der Waals surface area contributed by atoms with Crippen molar-refractivity contribution in [3.8, 4) is 11.3 Å². The van der Waals surface area contributed by atoms with Crippen LogP contribution in [0, 0.1) is 0 Å². The van der Waals surface area contributed by atoms with Gasteiger partial charge in [0.2, 0.25) is 11.3 Å². The van der Waals surface area contributed by atoms with Gasteiger partial charge in [-0.2, -0.15) is 0 Å². The van der Waals surface area contributed by atoms with Gasteiger partial charge in [0.15, 0.2) is 0 Å². The van der Waals surface area contributed by atoms with Gasteiger partial charge in [0.25, 0.3) is 0 Å². The summed E-state index contributed by atoms with van der Waals surface area (Å²) in [6, 6.07) is 8.17. The van der Waals surface area contributed by atoms with E-state index in [1.54, 1.807) is 0 Å². The number of rotatable bonds is 0. The molecule has 2 heterocycles. The first-order chi connectivity index (χ1) is 7.92. The van der Waals surface area contributed by atoms with E-state index in [9.17, 15) is 0 Å². The Kier molecular flexibility index (Phi) is 1.30. The summed E-state index contributed by atoms with van der Waals surface area (Å²) >= 11 is 0. The Labute approximate surface area is 90.1 Å². The molecule has 76 valence electrons. The molecule has 1 aromatic carbocycles. The SMILES string of the molecule is c1ccc2c(c1)Cc1nc3nonc3nc1-2. The Hall–Kier alpha value is -2.30. The molecule has 1 aliphatic rings. The van der Waals surface area contributed by atoms with Gasteiger partial charge >= 0.3 is 0 Å². The first-order valence-electron chi connectivity index (χ1n) is 4.99. The van der Waals surface area contributed by atoms with E-state index in [1.165, 1.54) is 5.56 Å². The molecular weight excluding hydrogens is 204 g/mol. The summed E-state index contributed by atoms with van der Waals surface area (Å²) in [6.07, 6.45) is 0.807. The fraction of sp³-hybridized carbons (Fsp3) is 0.0909. The molecule has 0 fully saturated rings. The van der Waals surface area contributed by atoms with Gasteiger partial charge in [-0.25, -0.2) is 14.6 Å². The maximum atomic E-state index is 4.61. The number of fused-ring (bicyclic) bond motifs is 4. The van der Waals surface area contributed by atoms with Crippen molar-refractivity contribution in [3.63, 3.8) is 0 Å². The second-order valence-electron chi connectivity index (χ2n) is 3.76. The minimum Gasteiger partial charge on any atom is -0.240 e. The van der Waals surface area contributed by atoms with E-state index in [0.29, 0.717) is 11.3 Å². The molecule has 1 aliphatic carbocycles. The highest BCUT2D eigenvalue weighted by Crippen LogP contribution is 2.34. The standard InChI is InChI=1S/C11H6N4O/c1-2-4-7-6(3-1)5-8-9(7)13-11-10(12-8)14-16-15-11/h1-4H,5H2. The van der Waals surface area contributed by atoms with Crippen molar-refractivity contribution < 1.29 is 4.63 Å². The summed E-state index contributed by atoms with van der Waals surface area (Å²) < 4.78 is 4.61. The lowest BCUT2D eigenvalue weighted by molar-refractivity contribution is 0.314. The average Bonchev–Trinajstić information content (AvgIpc) is 2.88. The first kappa shape index (κ1) is 7.92. The molecule has 0 unspecified atom stereocenters. The van der Waals surface area contributed by atoms with Gasteiger partial charge in [-0.05, 0) is 15.9 Å². The Balaban J connectivity index is 2.09. The smallest absolute Gasteiger partial charge is 0.240 e. The zero-order valence-corrected chi connectivity index (χ0v) is 8.21. The molecule has 0 bridgehead atoms. The molecule has 0 N–H and O–H groups in total. The van der Waals surface area contributed by atoms with Crippen LogP contribution in [0.25, 0.3) is 22.6 Å². The summed E-state index contributed by atoms with van der Waals surface area (Å²) in [7, 11) is 0. The number of hydrogen-bond donors (Lipinski definition) is 0. The highest BCUT2D eigenvalue weighted by atomic mass is 16.6. The van der Waals surface area contributed by atoms with Crippen LogP contribution in [0.3, 0.4) is 0 Å². The van der Waals surface area contributed by atoms with Crippen LogP contribution in [0.15, 0.2) is 28.9 Å². The van der Waals surface area contributed by atoms with E-state index in [2.05, 4.69) is 37.0 Å². The zero-order chi connectivity index (χ0) is 10.5. The van der Waals surface area contributed by atoms with Crippen molar-refractivity contribution in [2.24, 2.45) is 0 Å². The highest BCUT2D eigenvalue weighted by molar-refractivity contribution is 5.77.